The van der Waals surface area contributed by atoms with Gasteiger partial charge in [0.05, 0.1) is 12.8 Å². The number of aliphatic imine (C=N–C) groups is 1. The van der Waals surface area contributed by atoms with Crippen molar-refractivity contribution in [1.82, 2.24) is 14.9 Å². The predicted octanol–water partition coefficient (Wildman–Crippen LogP) is 1.94. The van der Waals surface area contributed by atoms with E-state index in [-0.39, 0.29) is 5.41 Å². The fourth-order valence-corrected chi connectivity index (χ4v) is 4.00. The molecule has 1 saturated carbocycles. The number of hydrogen-bond acceptors (Lipinski definition) is 3. The molecule has 0 radical (unpaired) electrons. The van der Waals surface area contributed by atoms with Crippen molar-refractivity contribution in [2.24, 2.45) is 4.99 Å². The Hall–Kier alpha value is -1.60. The third-order valence-electron chi connectivity index (χ3n) is 4.82. The van der Waals surface area contributed by atoms with Crippen LogP contribution in [0, 0.1) is 0 Å². The summed E-state index contributed by atoms with van der Waals surface area (Å²) in [5.74, 6) is 0.803. The lowest BCUT2D eigenvalue weighted by atomic mass is 9.96. The van der Waals surface area contributed by atoms with E-state index >= 15 is 0 Å². The van der Waals surface area contributed by atoms with Crippen molar-refractivity contribution < 1.29 is 8.42 Å². The van der Waals surface area contributed by atoms with Crippen molar-refractivity contribution in [3.05, 3.63) is 35.9 Å². The van der Waals surface area contributed by atoms with E-state index in [4.69, 9.17) is 4.99 Å². The minimum Gasteiger partial charge on any atom is -0.357 e. The van der Waals surface area contributed by atoms with Crippen LogP contribution in [0.3, 0.4) is 0 Å². The summed E-state index contributed by atoms with van der Waals surface area (Å²) < 4.78 is 24.7. The molecule has 146 valence electrons. The second-order valence-corrected chi connectivity index (χ2v) is 8.86. The first kappa shape index (κ1) is 20.7. The van der Waals surface area contributed by atoms with E-state index in [2.05, 4.69) is 34.9 Å². The average Bonchev–Trinajstić information content (AvgIpc) is 3.40. The van der Waals surface area contributed by atoms with Gasteiger partial charge in [-0.15, -0.1) is 0 Å². The summed E-state index contributed by atoms with van der Waals surface area (Å²) in [6, 6.07) is 10.6. The van der Waals surface area contributed by atoms with Gasteiger partial charge in [0.2, 0.25) is 10.0 Å². The van der Waals surface area contributed by atoms with Gasteiger partial charge in [0.25, 0.3) is 0 Å². The van der Waals surface area contributed by atoms with Gasteiger partial charge in [-0.25, -0.2) is 12.7 Å². The first-order chi connectivity index (χ1) is 12.4. The second-order valence-electron chi connectivity index (χ2n) is 6.88. The molecule has 1 aliphatic rings. The van der Waals surface area contributed by atoms with Crippen LogP contribution < -0.4 is 10.6 Å². The van der Waals surface area contributed by atoms with E-state index in [1.807, 2.05) is 19.9 Å². The van der Waals surface area contributed by atoms with Gasteiger partial charge in [-0.3, -0.25) is 4.99 Å². The number of hydrogen-bond donors (Lipinski definition) is 2. The highest BCUT2D eigenvalue weighted by atomic mass is 32.2. The molecule has 1 aromatic rings. The molecule has 0 aromatic heterocycles. The second kappa shape index (κ2) is 9.37. The van der Waals surface area contributed by atoms with E-state index < -0.39 is 10.0 Å². The lowest BCUT2D eigenvalue weighted by Gasteiger charge is -2.19. The zero-order valence-electron chi connectivity index (χ0n) is 16.2. The summed E-state index contributed by atoms with van der Waals surface area (Å²) in [6.07, 6.45) is 4.36. The maximum atomic E-state index is 11.6. The van der Waals surface area contributed by atoms with Gasteiger partial charge < -0.3 is 10.6 Å². The first-order valence-corrected chi connectivity index (χ1v) is 11.3. The van der Waals surface area contributed by atoms with Crippen LogP contribution in [0.4, 0.5) is 0 Å². The third kappa shape index (κ3) is 5.99. The molecular formula is C19H32N4O2S. The van der Waals surface area contributed by atoms with E-state index in [1.165, 1.54) is 29.0 Å². The molecule has 0 amide bonds. The zero-order chi connectivity index (χ0) is 19.0. The maximum Gasteiger partial charge on any atom is 0.211 e. The lowest BCUT2D eigenvalue weighted by Crippen LogP contribution is -2.40. The molecule has 1 aromatic carbocycles. The number of benzene rings is 1. The fraction of sp³-hybridized carbons (Fsp3) is 0.632. The Morgan fingerprint density at radius 3 is 2.42 bits per heavy atom. The highest BCUT2D eigenvalue weighted by Gasteiger charge is 2.43. The van der Waals surface area contributed by atoms with Crippen molar-refractivity contribution >= 4 is 16.0 Å². The van der Waals surface area contributed by atoms with Crippen LogP contribution in [-0.2, 0) is 15.4 Å². The SMILES string of the molecule is CCNC(=NCC1(c2ccccc2)CC1)NCCCN(CC)S(C)(=O)=O. The average molecular weight is 381 g/mol. The molecule has 6 nitrogen and oxygen atoms in total. The van der Waals surface area contributed by atoms with E-state index in [0.717, 1.165) is 25.5 Å². The van der Waals surface area contributed by atoms with Crippen molar-refractivity contribution in [3.63, 3.8) is 0 Å². The smallest absolute Gasteiger partial charge is 0.211 e. The minimum atomic E-state index is -3.12. The van der Waals surface area contributed by atoms with Crippen LogP contribution in [-0.4, -0.2) is 57.7 Å². The van der Waals surface area contributed by atoms with Crippen molar-refractivity contribution in [1.29, 1.82) is 0 Å². The van der Waals surface area contributed by atoms with Crippen molar-refractivity contribution in [3.8, 4) is 0 Å². The summed E-state index contributed by atoms with van der Waals surface area (Å²) in [5.41, 5.74) is 1.56. The molecular weight excluding hydrogens is 348 g/mol. The summed E-state index contributed by atoms with van der Waals surface area (Å²) in [5, 5.41) is 6.59. The molecule has 0 spiro atoms. The molecule has 0 saturated heterocycles. The Labute approximate surface area is 158 Å². The van der Waals surface area contributed by atoms with E-state index in [0.29, 0.717) is 19.6 Å². The summed E-state index contributed by atoms with van der Waals surface area (Å²) in [4.78, 5) is 4.77. The normalized spacial score (nSPS) is 16.5. The molecule has 0 unspecified atom stereocenters. The molecule has 1 aliphatic carbocycles. The molecule has 2 N–H and O–H groups in total. The highest BCUT2D eigenvalue weighted by Crippen LogP contribution is 2.48. The quantitative estimate of drug-likeness (QED) is 0.370. The Kier molecular flexibility index (Phi) is 7.46. The predicted molar refractivity (Wildman–Crippen MR) is 108 cm³/mol. The van der Waals surface area contributed by atoms with Gasteiger partial charge in [0.1, 0.15) is 0 Å². The highest BCUT2D eigenvalue weighted by molar-refractivity contribution is 7.88. The summed E-state index contributed by atoms with van der Waals surface area (Å²) in [7, 11) is -3.12. The van der Waals surface area contributed by atoms with Crippen LogP contribution in [0.2, 0.25) is 0 Å². The van der Waals surface area contributed by atoms with Crippen LogP contribution >= 0.6 is 0 Å². The Morgan fingerprint density at radius 2 is 1.88 bits per heavy atom. The van der Waals surface area contributed by atoms with Gasteiger partial charge >= 0.3 is 0 Å². The first-order valence-electron chi connectivity index (χ1n) is 9.44. The van der Waals surface area contributed by atoms with Crippen molar-refractivity contribution in [2.75, 3.05) is 39.0 Å². The van der Waals surface area contributed by atoms with Gasteiger partial charge in [-0.2, -0.15) is 0 Å². The molecule has 0 heterocycles. The Balaban J connectivity index is 1.86. The monoisotopic (exact) mass is 380 g/mol. The largest absolute Gasteiger partial charge is 0.357 e. The molecule has 1 fully saturated rings. The van der Waals surface area contributed by atoms with Crippen molar-refractivity contribution in [2.45, 2.75) is 38.5 Å². The van der Waals surface area contributed by atoms with E-state index in [1.54, 1.807) is 0 Å². The number of nitrogens with zero attached hydrogens (tertiary/aromatic N) is 2. The van der Waals surface area contributed by atoms with Gasteiger partial charge in [-0.05, 0) is 31.7 Å². The number of sulfonamides is 1. The van der Waals surface area contributed by atoms with Gasteiger partial charge in [0, 0.05) is 31.6 Å². The van der Waals surface area contributed by atoms with Gasteiger partial charge in [0.15, 0.2) is 5.96 Å². The van der Waals surface area contributed by atoms with Gasteiger partial charge in [-0.1, -0.05) is 37.3 Å². The zero-order valence-corrected chi connectivity index (χ0v) is 17.0. The summed E-state index contributed by atoms with van der Waals surface area (Å²) >= 11 is 0. The van der Waals surface area contributed by atoms with Crippen LogP contribution in [0.5, 0.6) is 0 Å². The Bertz CT molecular complexity index is 685. The number of guanidine groups is 1. The number of rotatable bonds is 10. The molecule has 0 aliphatic heterocycles. The molecule has 2 rings (SSSR count). The van der Waals surface area contributed by atoms with Crippen LogP contribution in [0.1, 0.15) is 38.7 Å². The third-order valence-corrected chi connectivity index (χ3v) is 6.20. The molecule has 26 heavy (non-hydrogen) atoms. The maximum absolute atomic E-state index is 11.6. The van der Waals surface area contributed by atoms with Crippen LogP contribution in [0.15, 0.2) is 35.3 Å². The number of nitrogens with one attached hydrogen (secondary N) is 2. The molecule has 0 atom stereocenters. The Morgan fingerprint density at radius 1 is 1.19 bits per heavy atom. The molecule has 7 heteroatoms. The lowest BCUT2D eigenvalue weighted by molar-refractivity contribution is 0.424. The standard InChI is InChI=1S/C19H32N4O2S/c1-4-20-18(21-14-9-15-23(5-2)26(3,24)25)22-16-19(12-13-19)17-10-7-6-8-11-17/h6-8,10-11H,4-5,9,12-16H2,1-3H3,(H2,20,21,22). The molecule has 0 bridgehead atoms. The minimum absolute atomic E-state index is 0.193. The van der Waals surface area contributed by atoms with E-state index in [9.17, 15) is 8.42 Å². The fourth-order valence-electron chi connectivity index (χ4n) is 3.07. The van der Waals surface area contributed by atoms with Crippen LogP contribution in [0.25, 0.3) is 0 Å². The topological polar surface area (TPSA) is 73.8 Å². The summed E-state index contributed by atoms with van der Waals surface area (Å²) in [6.45, 7) is 7.20.